The van der Waals surface area contributed by atoms with Gasteiger partial charge in [-0.25, -0.2) is 0 Å². The maximum Gasteiger partial charge on any atom is 0.192 e. The van der Waals surface area contributed by atoms with Crippen molar-refractivity contribution in [2.24, 2.45) is 5.73 Å². The minimum absolute atomic E-state index is 0.831. The topological polar surface area (TPSA) is 35.2 Å². The molecule has 0 aromatic carbocycles. The molecule has 0 radical (unpaired) electrons. The highest BCUT2D eigenvalue weighted by Gasteiger charge is 2.33. The van der Waals surface area contributed by atoms with Crippen molar-refractivity contribution in [1.82, 2.24) is 0 Å². The van der Waals surface area contributed by atoms with Crippen LogP contribution >= 0.6 is 0 Å². The molecule has 1 aliphatic heterocycles. The smallest absolute Gasteiger partial charge is 0.192 e. The third-order valence-electron chi connectivity index (χ3n) is 2.92. The second-order valence-electron chi connectivity index (χ2n) is 3.73. The molecular formula is C9H21NOSi. The van der Waals surface area contributed by atoms with Gasteiger partial charge in [-0.15, -0.1) is 0 Å². The summed E-state index contributed by atoms with van der Waals surface area (Å²) in [4.78, 5) is 0. The van der Waals surface area contributed by atoms with Crippen LogP contribution in [0.15, 0.2) is 0 Å². The van der Waals surface area contributed by atoms with Crippen molar-refractivity contribution in [3.8, 4) is 0 Å². The summed E-state index contributed by atoms with van der Waals surface area (Å²) < 4.78 is 6.00. The number of hydrogen-bond acceptors (Lipinski definition) is 2. The first-order valence-electron chi connectivity index (χ1n) is 5.17. The van der Waals surface area contributed by atoms with Crippen molar-refractivity contribution in [1.29, 1.82) is 0 Å². The van der Waals surface area contributed by atoms with Crippen molar-refractivity contribution in [2.75, 3.05) is 13.2 Å². The molecule has 3 heteroatoms. The number of nitrogens with two attached hydrogens (primary N) is 1. The predicted molar refractivity (Wildman–Crippen MR) is 54.7 cm³/mol. The predicted octanol–water partition coefficient (Wildman–Crippen LogP) is 2.11. The van der Waals surface area contributed by atoms with Crippen molar-refractivity contribution < 1.29 is 4.43 Å². The highest BCUT2D eigenvalue weighted by Crippen LogP contribution is 2.29. The van der Waals surface area contributed by atoms with Crippen LogP contribution in [0, 0.1) is 0 Å². The van der Waals surface area contributed by atoms with Crippen molar-refractivity contribution >= 4 is 8.32 Å². The first-order chi connectivity index (χ1) is 5.83. The lowest BCUT2D eigenvalue weighted by atomic mass is 10.4. The molecule has 0 saturated carbocycles. The monoisotopic (exact) mass is 187 g/mol. The highest BCUT2D eigenvalue weighted by atomic mass is 28.4. The molecule has 1 saturated heterocycles. The van der Waals surface area contributed by atoms with Gasteiger partial charge < -0.3 is 10.2 Å². The molecule has 0 bridgehead atoms. The van der Waals surface area contributed by atoms with Crippen molar-refractivity contribution in [3.63, 3.8) is 0 Å². The summed E-state index contributed by atoms with van der Waals surface area (Å²) in [7, 11) is -1.26. The van der Waals surface area contributed by atoms with E-state index in [4.69, 9.17) is 10.2 Å². The molecule has 1 atom stereocenters. The van der Waals surface area contributed by atoms with Crippen LogP contribution < -0.4 is 5.73 Å². The average Bonchev–Trinajstić information content (AvgIpc) is 2.16. The van der Waals surface area contributed by atoms with E-state index in [1.54, 1.807) is 0 Å². The van der Waals surface area contributed by atoms with Crippen LogP contribution in [-0.2, 0) is 4.43 Å². The third kappa shape index (κ3) is 2.57. The van der Waals surface area contributed by atoms with E-state index in [1.807, 2.05) is 0 Å². The molecule has 1 heterocycles. The van der Waals surface area contributed by atoms with Gasteiger partial charge in [-0.3, -0.25) is 0 Å². The van der Waals surface area contributed by atoms with Crippen LogP contribution in [0.3, 0.4) is 0 Å². The van der Waals surface area contributed by atoms with E-state index >= 15 is 0 Å². The molecule has 72 valence electrons. The minimum atomic E-state index is -1.26. The molecule has 0 spiro atoms. The maximum absolute atomic E-state index is 6.00. The molecule has 0 aromatic rings. The van der Waals surface area contributed by atoms with Gasteiger partial charge in [0.15, 0.2) is 8.32 Å². The van der Waals surface area contributed by atoms with Gasteiger partial charge in [-0.1, -0.05) is 13.3 Å². The second-order valence-corrected chi connectivity index (χ2v) is 8.10. The zero-order valence-electron chi connectivity index (χ0n) is 8.14. The lowest BCUT2D eigenvalue weighted by molar-refractivity contribution is 0.265. The summed E-state index contributed by atoms with van der Waals surface area (Å²) in [5, 5.41) is 0. The molecule has 2 N–H and O–H groups in total. The van der Waals surface area contributed by atoms with E-state index < -0.39 is 8.32 Å². The zero-order chi connectivity index (χ0) is 8.86. The van der Waals surface area contributed by atoms with Crippen LogP contribution in [0.1, 0.15) is 26.2 Å². The van der Waals surface area contributed by atoms with Gasteiger partial charge in [0.1, 0.15) is 0 Å². The zero-order valence-corrected chi connectivity index (χ0v) is 9.14. The van der Waals surface area contributed by atoms with Gasteiger partial charge >= 0.3 is 0 Å². The molecule has 1 rings (SSSR count). The molecular weight excluding hydrogens is 166 g/mol. The average molecular weight is 187 g/mol. The molecule has 0 amide bonds. The summed E-state index contributed by atoms with van der Waals surface area (Å²) in [6, 6.07) is 3.95. The van der Waals surface area contributed by atoms with Gasteiger partial charge in [0, 0.05) is 6.61 Å². The Bertz CT molecular complexity index is 124. The Morgan fingerprint density at radius 3 is 2.75 bits per heavy atom. The first-order valence-corrected chi connectivity index (χ1v) is 7.70. The first kappa shape index (κ1) is 10.2. The largest absolute Gasteiger partial charge is 0.417 e. The summed E-state index contributed by atoms with van der Waals surface area (Å²) in [5.74, 6) is 0. The SMILES string of the molecule is CC[Si]1(CCCN)CCCCO1. The number of hydrogen-bond donors (Lipinski definition) is 1. The number of rotatable bonds is 4. The Hall–Kier alpha value is 0.137. The summed E-state index contributed by atoms with van der Waals surface area (Å²) in [5.41, 5.74) is 5.53. The summed E-state index contributed by atoms with van der Waals surface area (Å²) in [6.45, 7) is 4.14. The molecule has 0 aromatic heterocycles. The molecule has 2 nitrogen and oxygen atoms in total. The lowest BCUT2D eigenvalue weighted by Crippen LogP contribution is -2.40. The summed E-state index contributed by atoms with van der Waals surface area (Å²) >= 11 is 0. The van der Waals surface area contributed by atoms with Gasteiger partial charge in [-0.05, 0) is 37.5 Å². The van der Waals surface area contributed by atoms with Crippen LogP contribution in [-0.4, -0.2) is 21.5 Å². The molecule has 1 fully saturated rings. The van der Waals surface area contributed by atoms with Gasteiger partial charge in [-0.2, -0.15) is 0 Å². The second kappa shape index (κ2) is 4.99. The third-order valence-corrected chi connectivity index (χ3v) is 7.55. The van der Waals surface area contributed by atoms with E-state index in [1.165, 1.54) is 37.4 Å². The van der Waals surface area contributed by atoms with E-state index in [0.717, 1.165) is 13.2 Å². The fourth-order valence-electron chi connectivity index (χ4n) is 1.99. The van der Waals surface area contributed by atoms with Gasteiger partial charge in [0.05, 0.1) is 0 Å². The molecule has 1 aliphatic rings. The van der Waals surface area contributed by atoms with Crippen molar-refractivity contribution in [2.45, 2.75) is 44.3 Å². The van der Waals surface area contributed by atoms with Crippen LogP contribution in [0.4, 0.5) is 0 Å². The Balaban J connectivity index is 2.37. The summed E-state index contributed by atoms with van der Waals surface area (Å²) in [6.07, 6.45) is 3.84. The molecule has 0 aliphatic carbocycles. The van der Waals surface area contributed by atoms with Crippen LogP contribution in [0.25, 0.3) is 0 Å². The Morgan fingerprint density at radius 2 is 2.25 bits per heavy atom. The van der Waals surface area contributed by atoms with Gasteiger partial charge in [0.2, 0.25) is 0 Å². The van der Waals surface area contributed by atoms with Gasteiger partial charge in [0.25, 0.3) is 0 Å². The highest BCUT2D eigenvalue weighted by molar-refractivity contribution is 6.73. The Kier molecular flexibility index (Phi) is 4.25. The maximum atomic E-state index is 6.00. The quantitative estimate of drug-likeness (QED) is 0.684. The Labute approximate surface area is 76.6 Å². The molecule has 1 unspecified atom stereocenters. The fraction of sp³-hybridized carbons (Fsp3) is 1.00. The normalized spacial score (nSPS) is 30.5. The van der Waals surface area contributed by atoms with Crippen LogP contribution in [0.5, 0.6) is 0 Å². The minimum Gasteiger partial charge on any atom is -0.417 e. The van der Waals surface area contributed by atoms with E-state index in [-0.39, 0.29) is 0 Å². The fourth-order valence-corrected chi connectivity index (χ4v) is 5.76. The van der Waals surface area contributed by atoms with Crippen molar-refractivity contribution in [3.05, 3.63) is 0 Å². The standard InChI is InChI=1S/C9H21NOSi/c1-2-12(9-5-6-10)8-4-3-7-11-12/h2-10H2,1H3. The lowest BCUT2D eigenvalue weighted by Gasteiger charge is -2.34. The van der Waals surface area contributed by atoms with E-state index in [9.17, 15) is 0 Å². The van der Waals surface area contributed by atoms with E-state index in [0.29, 0.717) is 0 Å². The molecule has 12 heavy (non-hydrogen) atoms. The van der Waals surface area contributed by atoms with E-state index in [2.05, 4.69) is 6.92 Å². The van der Waals surface area contributed by atoms with Crippen LogP contribution in [0.2, 0.25) is 18.1 Å². The Morgan fingerprint density at radius 1 is 1.42 bits per heavy atom.